The molecule has 5 aromatic heterocycles. The fraction of sp³-hybridized carbons (Fsp3) is 0. The van der Waals surface area contributed by atoms with Gasteiger partial charge >= 0.3 is 0 Å². The van der Waals surface area contributed by atoms with Crippen LogP contribution in [0.5, 0.6) is 0 Å². The van der Waals surface area contributed by atoms with Crippen LogP contribution in [0.4, 0.5) is 0 Å². The lowest BCUT2D eigenvalue weighted by atomic mass is 10.2. The number of imidazole rings is 2. The number of rotatable bonds is 8. The molecule has 0 saturated carbocycles. The molecule has 0 aliphatic heterocycles. The van der Waals surface area contributed by atoms with Crippen LogP contribution < -0.4 is 20.7 Å². The Balaban J connectivity index is 1.00. The molecule has 0 N–H and O–H groups in total. The van der Waals surface area contributed by atoms with Gasteiger partial charge in [-0.1, -0.05) is 194 Å². The Hall–Kier alpha value is -9.70. The van der Waals surface area contributed by atoms with E-state index in [0.717, 1.165) is 66.2 Å². The number of aromatic nitrogens is 8. The second-order valence-electron chi connectivity index (χ2n) is 18.7. The zero-order valence-corrected chi connectivity index (χ0v) is 40.3. The van der Waals surface area contributed by atoms with Crippen molar-refractivity contribution in [2.75, 3.05) is 0 Å². The monoisotopic (exact) mass is 950 g/mol. The molecule has 0 bridgehead atoms. The summed E-state index contributed by atoms with van der Waals surface area (Å²) in [6.45, 7) is 0. The van der Waals surface area contributed by atoms with Gasteiger partial charge in [-0.3, -0.25) is 8.97 Å². The number of fused-ring (bicyclic) bond motifs is 11. The van der Waals surface area contributed by atoms with Gasteiger partial charge in [0.05, 0.1) is 44.1 Å². The number of benzene rings is 10. The predicted octanol–water partition coefficient (Wildman–Crippen LogP) is 11.9. The van der Waals surface area contributed by atoms with Crippen molar-refractivity contribution in [3.05, 3.63) is 255 Å². The third-order valence-corrected chi connectivity index (χ3v) is 19.6. The standard InChI is InChI=1S/C64H42N8Si/c1-4-23-45(24-5-1)73(46-25-6-2-7-26-46,47-27-8-3-9-28-47)48-39-40-53-60(42-48)71-58-37-18-19-38-59(58)72(64(71)65-53)63-67-61(66-62(68-63)70-56-35-16-12-31-51(56)52-32-13-17-36-57(52)70)43-21-20-22-44(41-43)69-54-33-14-10-29-49(54)50-30-11-15-34-55(50)69/h1-42H. The first-order valence-electron chi connectivity index (χ1n) is 24.7. The topological polar surface area (TPSA) is 70.8 Å². The molecular weight excluding hydrogens is 909 g/mol. The summed E-state index contributed by atoms with van der Waals surface area (Å²) in [6.07, 6.45) is 0. The molecule has 342 valence electrons. The van der Waals surface area contributed by atoms with Gasteiger partial charge in [-0.25, -0.2) is 9.55 Å². The smallest absolute Gasteiger partial charge is 0.242 e. The van der Waals surface area contributed by atoms with Crippen molar-refractivity contribution < 1.29 is 0 Å². The molecule has 0 radical (unpaired) electrons. The molecule has 15 rings (SSSR count). The van der Waals surface area contributed by atoms with Crippen LogP contribution in [0.1, 0.15) is 0 Å². The van der Waals surface area contributed by atoms with E-state index in [0.29, 0.717) is 23.5 Å². The fourth-order valence-electron chi connectivity index (χ4n) is 11.7. The van der Waals surface area contributed by atoms with Crippen LogP contribution >= 0.6 is 0 Å². The van der Waals surface area contributed by atoms with Crippen LogP contribution in [0.15, 0.2) is 255 Å². The fourth-order valence-corrected chi connectivity index (χ4v) is 16.5. The molecule has 15 aromatic rings. The predicted molar refractivity (Wildman–Crippen MR) is 301 cm³/mol. The molecule has 0 saturated heterocycles. The van der Waals surface area contributed by atoms with Gasteiger partial charge in [0.2, 0.25) is 17.7 Å². The largest absolute Gasteiger partial charge is 0.309 e. The second kappa shape index (κ2) is 16.2. The summed E-state index contributed by atoms with van der Waals surface area (Å²) >= 11 is 0. The minimum atomic E-state index is -2.87. The van der Waals surface area contributed by atoms with Crippen molar-refractivity contribution in [1.82, 2.24) is 38.0 Å². The average Bonchev–Trinajstić information content (AvgIpc) is 4.20. The molecule has 9 heteroatoms. The van der Waals surface area contributed by atoms with E-state index in [1.165, 1.54) is 31.5 Å². The molecule has 0 unspecified atom stereocenters. The van der Waals surface area contributed by atoms with Crippen LogP contribution in [0, 0.1) is 0 Å². The Morgan fingerprint density at radius 2 is 0.740 bits per heavy atom. The Morgan fingerprint density at radius 1 is 0.288 bits per heavy atom. The third-order valence-electron chi connectivity index (χ3n) is 14.8. The van der Waals surface area contributed by atoms with Crippen LogP contribution in [0.2, 0.25) is 0 Å². The molecule has 10 aromatic carbocycles. The summed E-state index contributed by atoms with van der Waals surface area (Å²) in [4.78, 5) is 21.9. The van der Waals surface area contributed by atoms with Crippen molar-refractivity contribution in [2.45, 2.75) is 0 Å². The summed E-state index contributed by atoms with van der Waals surface area (Å²) in [5.74, 6) is 2.23. The van der Waals surface area contributed by atoms with Gasteiger partial charge in [-0.2, -0.15) is 15.0 Å². The normalized spacial score (nSPS) is 12.1. The average molecular weight is 951 g/mol. The van der Waals surface area contributed by atoms with E-state index >= 15 is 0 Å². The van der Waals surface area contributed by atoms with Crippen LogP contribution in [0.25, 0.3) is 100 Å². The lowest BCUT2D eigenvalue weighted by Gasteiger charge is -2.34. The lowest BCUT2D eigenvalue weighted by Crippen LogP contribution is -2.74. The summed E-state index contributed by atoms with van der Waals surface area (Å²) in [7, 11) is -2.87. The number of nitrogens with zero attached hydrogens (tertiary/aromatic N) is 8. The highest BCUT2D eigenvalue weighted by atomic mass is 28.3. The summed E-state index contributed by atoms with van der Waals surface area (Å²) in [6, 6.07) is 91.3. The second-order valence-corrected chi connectivity index (χ2v) is 22.5. The molecule has 0 amide bonds. The number of hydrogen-bond donors (Lipinski definition) is 0. The highest BCUT2D eigenvalue weighted by molar-refractivity contribution is 7.20. The zero-order valence-electron chi connectivity index (χ0n) is 39.3. The van der Waals surface area contributed by atoms with E-state index in [9.17, 15) is 0 Å². The van der Waals surface area contributed by atoms with Crippen molar-refractivity contribution in [1.29, 1.82) is 0 Å². The van der Waals surface area contributed by atoms with Crippen molar-refractivity contribution in [3.63, 3.8) is 0 Å². The van der Waals surface area contributed by atoms with Gasteiger partial charge in [0.25, 0.3) is 0 Å². The van der Waals surface area contributed by atoms with E-state index in [-0.39, 0.29) is 0 Å². The quantitative estimate of drug-likeness (QED) is 0.112. The van der Waals surface area contributed by atoms with Crippen LogP contribution in [-0.2, 0) is 0 Å². The van der Waals surface area contributed by atoms with Crippen molar-refractivity contribution >= 4 is 100 Å². The minimum absolute atomic E-state index is 0.465. The summed E-state index contributed by atoms with van der Waals surface area (Å²) in [5.41, 5.74) is 9.98. The highest BCUT2D eigenvalue weighted by Crippen LogP contribution is 2.36. The van der Waals surface area contributed by atoms with Crippen LogP contribution in [-0.4, -0.2) is 46.1 Å². The van der Waals surface area contributed by atoms with Crippen molar-refractivity contribution in [2.24, 2.45) is 0 Å². The van der Waals surface area contributed by atoms with E-state index in [2.05, 4.69) is 273 Å². The van der Waals surface area contributed by atoms with E-state index in [1.807, 2.05) is 0 Å². The SMILES string of the molecule is c1ccc([Si](c2ccccc2)(c2ccccc2)c2ccc3nc4n(-c5nc(-c6cccc(-n7c8ccccc8c8ccccc87)c6)nc(-n6c7ccccc7c7ccccc76)n5)c5ccccc5n4c3c2)cc1. The molecule has 0 spiro atoms. The molecule has 0 fully saturated rings. The molecule has 5 heterocycles. The van der Waals surface area contributed by atoms with E-state index in [1.54, 1.807) is 0 Å². The number of hydrogen-bond acceptors (Lipinski definition) is 4. The Kier molecular flexibility index (Phi) is 9.11. The van der Waals surface area contributed by atoms with Gasteiger partial charge < -0.3 is 4.57 Å². The first kappa shape index (κ1) is 41.1. The molecule has 8 nitrogen and oxygen atoms in total. The summed E-state index contributed by atoms with van der Waals surface area (Å²) < 4.78 is 8.92. The number of para-hydroxylation sites is 6. The Morgan fingerprint density at radius 3 is 1.27 bits per heavy atom. The van der Waals surface area contributed by atoms with Gasteiger partial charge in [0.15, 0.2) is 13.9 Å². The Labute approximate surface area is 420 Å². The maximum absolute atomic E-state index is 5.50. The lowest BCUT2D eigenvalue weighted by molar-refractivity contribution is 0.884. The molecule has 0 atom stereocenters. The first-order chi connectivity index (χ1) is 36.2. The molecule has 73 heavy (non-hydrogen) atoms. The minimum Gasteiger partial charge on any atom is -0.309 e. The van der Waals surface area contributed by atoms with Crippen molar-refractivity contribution in [3.8, 4) is 29.0 Å². The third kappa shape index (κ3) is 6.13. The maximum Gasteiger partial charge on any atom is 0.242 e. The maximum atomic E-state index is 5.50. The van der Waals surface area contributed by atoms with Gasteiger partial charge in [-0.15, -0.1) is 0 Å². The van der Waals surface area contributed by atoms with Gasteiger partial charge in [-0.05, 0) is 81.4 Å². The van der Waals surface area contributed by atoms with Gasteiger partial charge in [0, 0.05) is 32.8 Å². The molecule has 0 aliphatic rings. The molecule has 0 aliphatic carbocycles. The highest BCUT2D eigenvalue weighted by Gasteiger charge is 2.41. The zero-order chi connectivity index (χ0) is 48.0. The van der Waals surface area contributed by atoms with Gasteiger partial charge in [0.1, 0.15) is 0 Å². The van der Waals surface area contributed by atoms with E-state index in [4.69, 9.17) is 19.9 Å². The summed E-state index contributed by atoms with van der Waals surface area (Å²) in [5, 5.41) is 9.86. The first-order valence-corrected chi connectivity index (χ1v) is 26.7. The Bertz CT molecular complexity index is 4430. The van der Waals surface area contributed by atoms with E-state index < -0.39 is 8.07 Å². The van der Waals surface area contributed by atoms with Crippen LogP contribution in [0.3, 0.4) is 0 Å². The molecular formula is C64H42N8Si.